The molecule has 0 aromatic carbocycles. The van der Waals surface area contributed by atoms with E-state index in [2.05, 4.69) is 0 Å². The van der Waals surface area contributed by atoms with Crippen molar-refractivity contribution in [2.24, 2.45) is 5.92 Å². The van der Waals surface area contributed by atoms with E-state index < -0.39 is 0 Å². The van der Waals surface area contributed by atoms with Crippen LogP contribution in [0.3, 0.4) is 0 Å². The minimum Gasteiger partial charge on any atom is -0.466 e. The summed E-state index contributed by atoms with van der Waals surface area (Å²) in [6, 6.07) is 0. The smallest absolute Gasteiger partial charge is 0.308 e. The van der Waals surface area contributed by atoms with E-state index in [1.165, 1.54) is 29.7 Å². The first-order valence-corrected chi connectivity index (χ1v) is 10.6. The number of rotatable bonds is 12. The highest BCUT2D eigenvalue weighted by Crippen LogP contribution is 2.40. The Morgan fingerprint density at radius 2 is 1.60 bits per heavy atom. The van der Waals surface area contributed by atoms with Crippen molar-refractivity contribution in [1.82, 2.24) is 4.90 Å². The van der Waals surface area contributed by atoms with Gasteiger partial charge in [-0.15, -0.1) is 0 Å². The number of allylic oxidation sites excluding steroid dienone is 2. The molecule has 0 spiro atoms. The second-order valence-electron chi connectivity index (χ2n) is 7.65. The molecule has 0 aromatic rings. The molecular weight excluding hydrogens is 390 g/mol. The predicted molar refractivity (Wildman–Crippen MR) is 106 cm³/mol. The van der Waals surface area contributed by atoms with Crippen LogP contribution in [-0.4, -0.2) is 68.0 Å². The fourth-order valence-corrected chi connectivity index (χ4v) is 3.88. The van der Waals surface area contributed by atoms with Crippen molar-refractivity contribution in [3.8, 4) is 0 Å². The Labute approximate surface area is 176 Å². The van der Waals surface area contributed by atoms with Gasteiger partial charge < -0.3 is 14.2 Å². The maximum Gasteiger partial charge on any atom is 0.308 e. The van der Waals surface area contributed by atoms with Crippen molar-refractivity contribution in [2.45, 2.75) is 44.9 Å². The van der Waals surface area contributed by atoms with E-state index in [0.717, 1.165) is 24.2 Å². The average Bonchev–Trinajstić information content (AvgIpc) is 3.19. The summed E-state index contributed by atoms with van der Waals surface area (Å²) in [7, 11) is 0. The van der Waals surface area contributed by atoms with Gasteiger partial charge in [-0.05, 0) is 32.1 Å². The molecular formula is C22H29NO7. The Hall–Kier alpha value is -2.32. The van der Waals surface area contributed by atoms with Crippen molar-refractivity contribution in [3.63, 3.8) is 0 Å². The summed E-state index contributed by atoms with van der Waals surface area (Å²) in [6.45, 7) is 1.55. The van der Waals surface area contributed by atoms with Gasteiger partial charge in [0.05, 0.1) is 46.0 Å². The summed E-state index contributed by atoms with van der Waals surface area (Å²) in [5, 5.41) is 0. The predicted octanol–water partition coefficient (Wildman–Crippen LogP) is 1.73. The molecule has 0 N–H and O–H groups in total. The average molecular weight is 419 g/mol. The first-order valence-electron chi connectivity index (χ1n) is 10.6. The molecule has 1 unspecified atom stereocenters. The van der Waals surface area contributed by atoms with Crippen LogP contribution >= 0.6 is 0 Å². The zero-order chi connectivity index (χ0) is 21.3. The quantitative estimate of drug-likeness (QED) is 0.206. The molecule has 8 heteroatoms. The maximum atomic E-state index is 12.1. The van der Waals surface area contributed by atoms with Crippen LogP contribution in [0.4, 0.5) is 0 Å². The summed E-state index contributed by atoms with van der Waals surface area (Å²) in [6.07, 6.45) is 8.15. The molecule has 2 aliphatic carbocycles. The van der Waals surface area contributed by atoms with E-state index >= 15 is 0 Å². The topological polar surface area (TPSA) is 99.2 Å². The lowest BCUT2D eigenvalue weighted by Crippen LogP contribution is -2.33. The molecule has 2 amide bonds. The monoisotopic (exact) mass is 419 g/mol. The lowest BCUT2D eigenvalue weighted by Gasteiger charge is -2.23. The highest BCUT2D eigenvalue weighted by molar-refractivity contribution is 6.12. The van der Waals surface area contributed by atoms with Gasteiger partial charge >= 0.3 is 5.97 Å². The molecule has 0 saturated heterocycles. The minimum atomic E-state index is -0.335. The van der Waals surface area contributed by atoms with E-state index in [-0.39, 0.29) is 62.3 Å². The normalized spacial score (nSPS) is 21.0. The molecule has 1 atom stereocenters. The van der Waals surface area contributed by atoms with E-state index in [9.17, 15) is 19.2 Å². The molecule has 0 bridgehead atoms. The van der Waals surface area contributed by atoms with Gasteiger partial charge in [0, 0.05) is 24.5 Å². The zero-order valence-electron chi connectivity index (χ0n) is 17.2. The number of nitrogens with zero attached hydrogens (tertiary/aromatic N) is 1. The number of carbonyl (C=O) groups is 4. The number of imide groups is 1. The van der Waals surface area contributed by atoms with Crippen LogP contribution in [0.2, 0.25) is 0 Å². The van der Waals surface area contributed by atoms with E-state index in [0.29, 0.717) is 26.1 Å². The second-order valence-corrected chi connectivity index (χ2v) is 7.65. The largest absolute Gasteiger partial charge is 0.466 e. The summed E-state index contributed by atoms with van der Waals surface area (Å²) >= 11 is 0. The number of ketones is 1. The van der Waals surface area contributed by atoms with Crippen molar-refractivity contribution in [3.05, 3.63) is 23.3 Å². The van der Waals surface area contributed by atoms with Crippen LogP contribution in [0.1, 0.15) is 44.9 Å². The first-order chi connectivity index (χ1) is 14.6. The number of esters is 1. The molecule has 2 saturated carbocycles. The zero-order valence-corrected chi connectivity index (χ0v) is 17.2. The Kier molecular flexibility index (Phi) is 8.33. The molecule has 164 valence electrons. The maximum absolute atomic E-state index is 12.1. The lowest BCUT2D eigenvalue weighted by molar-refractivity contribution is -0.145. The summed E-state index contributed by atoms with van der Waals surface area (Å²) in [4.78, 5) is 47.7. The van der Waals surface area contributed by atoms with Gasteiger partial charge in [-0.2, -0.15) is 0 Å². The molecule has 3 rings (SSSR count). The molecule has 0 aromatic heterocycles. The highest BCUT2D eigenvalue weighted by atomic mass is 16.5. The van der Waals surface area contributed by atoms with Gasteiger partial charge in [0.25, 0.3) is 11.8 Å². The van der Waals surface area contributed by atoms with Crippen molar-refractivity contribution in [2.75, 3.05) is 39.6 Å². The minimum absolute atomic E-state index is 0.0524. The summed E-state index contributed by atoms with van der Waals surface area (Å²) in [5.74, 6) is -0.766. The number of amides is 2. The number of Topliss-reactive ketones (excluding diaryl/α,β-unsaturated/α-hetero) is 1. The Bertz CT molecular complexity index is 716. The summed E-state index contributed by atoms with van der Waals surface area (Å²) in [5.41, 5.74) is 2.75. The molecule has 30 heavy (non-hydrogen) atoms. The van der Waals surface area contributed by atoms with Crippen molar-refractivity contribution < 1.29 is 33.4 Å². The van der Waals surface area contributed by atoms with Gasteiger partial charge in [-0.3, -0.25) is 24.1 Å². The molecule has 0 radical (unpaired) electrons. The summed E-state index contributed by atoms with van der Waals surface area (Å²) < 4.78 is 15.9. The second kappa shape index (κ2) is 11.2. The molecule has 2 fully saturated rings. The Morgan fingerprint density at radius 1 is 0.900 bits per heavy atom. The Balaban J connectivity index is 1.18. The van der Waals surface area contributed by atoms with Crippen molar-refractivity contribution >= 4 is 23.6 Å². The third-order valence-corrected chi connectivity index (χ3v) is 5.71. The number of carbonyl (C=O) groups excluding carboxylic acids is 4. The molecule has 3 aliphatic rings. The number of hydrogen-bond acceptors (Lipinski definition) is 7. The van der Waals surface area contributed by atoms with Crippen LogP contribution in [-0.2, 0) is 33.4 Å². The van der Waals surface area contributed by atoms with Gasteiger partial charge in [0.2, 0.25) is 0 Å². The molecule has 1 aliphatic heterocycles. The Morgan fingerprint density at radius 3 is 2.27 bits per heavy atom. The van der Waals surface area contributed by atoms with E-state index in [1.54, 1.807) is 0 Å². The van der Waals surface area contributed by atoms with E-state index in [4.69, 9.17) is 14.2 Å². The fraction of sp³-hybridized carbons (Fsp3) is 0.636. The first kappa shape index (κ1) is 22.4. The van der Waals surface area contributed by atoms with Gasteiger partial charge in [0.1, 0.15) is 5.78 Å². The molecule has 8 nitrogen and oxygen atoms in total. The van der Waals surface area contributed by atoms with Gasteiger partial charge in [0.15, 0.2) is 0 Å². The fourth-order valence-electron chi connectivity index (χ4n) is 3.88. The standard InChI is InChI=1S/C22H29NO7/c24-19-5-4-17(16-2-1-3-16)18(19)8-12-30-22(27)9-11-28-14-15-29-13-10-23-20(25)6-7-21(23)26/h6-7,18H,1-5,8-15H2. The van der Waals surface area contributed by atoms with Gasteiger partial charge in [-0.25, -0.2) is 0 Å². The van der Waals surface area contributed by atoms with Crippen LogP contribution in [0.15, 0.2) is 23.3 Å². The number of hydrogen-bond donors (Lipinski definition) is 0. The van der Waals surface area contributed by atoms with Crippen LogP contribution in [0.5, 0.6) is 0 Å². The highest BCUT2D eigenvalue weighted by Gasteiger charge is 2.32. The van der Waals surface area contributed by atoms with Crippen molar-refractivity contribution in [1.29, 1.82) is 0 Å². The molecule has 1 heterocycles. The van der Waals surface area contributed by atoms with Gasteiger partial charge in [-0.1, -0.05) is 11.1 Å². The lowest BCUT2D eigenvalue weighted by atomic mass is 9.83. The SMILES string of the molecule is O=C(CCOCCOCCN1C(=O)C=CC1=O)OCCC1C(=O)CCC1=C1CCC1. The third kappa shape index (κ3) is 6.09. The van der Waals surface area contributed by atoms with E-state index in [1.807, 2.05) is 0 Å². The number of ether oxygens (including phenoxy) is 3. The van der Waals surface area contributed by atoms with Crippen LogP contribution < -0.4 is 0 Å². The van der Waals surface area contributed by atoms with Crippen LogP contribution in [0, 0.1) is 5.92 Å². The van der Waals surface area contributed by atoms with Crippen LogP contribution in [0.25, 0.3) is 0 Å². The third-order valence-electron chi connectivity index (χ3n) is 5.71.